The van der Waals surface area contributed by atoms with E-state index < -0.39 is 0 Å². The third-order valence-electron chi connectivity index (χ3n) is 5.85. The van der Waals surface area contributed by atoms with E-state index in [9.17, 15) is 9.59 Å². The minimum absolute atomic E-state index is 0.165. The van der Waals surface area contributed by atoms with Crippen molar-refractivity contribution in [2.24, 2.45) is 0 Å². The summed E-state index contributed by atoms with van der Waals surface area (Å²) < 4.78 is 1.88. The largest absolute Gasteiger partial charge is 0.341 e. The van der Waals surface area contributed by atoms with Crippen LogP contribution in [-0.4, -0.2) is 15.5 Å². The average molecular weight is 461 g/mol. The summed E-state index contributed by atoms with van der Waals surface area (Å²) in [5, 5.41) is 6.76. The zero-order chi connectivity index (χ0) is 24.4. The number of hydrogen-bond acceptors (Lipinski definition) is 4. The number of fused-ring (bicyclic) bond motifs is 1. The number of aryl methyl sites for hydroxylation is 2. The second kappa shape index (κ2) is 9.27. The highest BCUT2D eigenvalue weighted by Gasteiger charge is 2.18. The third-order valence-corrected chi connectivity index (χ3v) is 5.85. The predicted octanol–water partition coefficient (Wildman–Crippen LogP) is 6.00. The first-order valence-electron chi connectivity index (χ1n) is 11.3. The fourth-order valence-electron chi connectivity index (χ4n) is 4.11. The number of carbonyl (C=O) groups excluding carboxylic acids is 1. The standard InChI is InChI=1S/C29H24N4O2/c1-19-11-9-10-16-23(19)32-29(35)24-17-20(2)27-25(34)18-26(30-21-12-5-3-6-13-21)33(28(27)31-24)22-14-7-4-8-15-22/h3-18,30H,1-2H3,(H,32,35). The lowest BCUT2D eigenvalue weighted by Gasteiger charge is -2.19. The van der Waals surface area contributed by atoms with Gasteiger partial charge in [-0.05, 0) is 61.4 Å². The number of aromatic nitrogens is 2. The summed E-state index contributed by atoms with van der Waals surface area (Å²) in [6.45, 7) is 3.76. The molecule has 0 saturated carbocycles. The molecule has 2 aromatic heterocycles. The number of amides is 1. The van der Waals surface area contributed by atoms with Gasteiger partial charge in [0.2, 0.25) is 0 Å². The Morgan fingerprint density at radius 1 is 0.800 bits per heavy atom. The zero-order valence-electron chi connectivity index (χ0n) is 19.4. The summed E-state index contributed by atoms with van der Waals surface area (Å²) in [6.07, 6.45) is 0. The van der Waals surface area contributed by atoms with Crippen LogP contribution < -0.4 is 16.1 Å². The molecule has 35 heavy (non-hydrogen) atoms. The topological polar surface area (TPSA) is 76.0 Å². The van der Waals surface area contributed by atoms with Crippen molar-refractivity contribution in [3.8, 4) is 5.69 Å². The maximum Gasteiger partial charge on any atom is 0.274 e. The number of carbonyl (C=O) groups is 1. The summed E-state index contributed by atoms with van der Waals surface area (Å²) in [5.74, 6) is 0.223. The van der Waals surface area contributed by atoms with Crippen LogP contribution >= 0.6 is 0 Å². The Morgan fingerprint density at radius 2 is 1.46 bits per heavy atom. The van der Waals surface area contributed by atoms with E-state index in [-0.39, 0.29) is 17.0 Å². The molecule has 0 saturated heterocycles. The molecule has 0 fully saturated rings. The maximum absolute atomic E-state index is 13.2. The zero-order valence-corrected chi connectivity index (χ0v) is 19.4. The minimum Gasteiger partial charge on any atom is -0.341 e. The number of nitrogens with one attached hydrogen (secondary N) is 2. The highest BCUT2D eigenvalue weighted by Crippen LogP contribution is 2.26. The summed E-state index contributed by atoms with van der Waals surface area (Å²) in [4.78, 5) is 31.1. The van der Waals surface area contributed by atoms with E-state index in [4.69, 9.17) is 4.98 Å². The van der Waals surface area contributed by atoms with Crippen LogP contribution in [0, 0.1) is 13.8 Å². The van der Waals surface area contributed by atoms with Crippen LogP contribution in [0.25, 0.3) is 16.7 Å². The first kappa shape index (κ1) is 22.1. The Kier molecular flexibility index (Phi) is 5.85. The molecule has 0 unspecified atom stereocenters. The van der Waals surface area contributed by atoms with Crippen LogP contribution in [0.3, 0.4) is 0 Å². The number of benzene rings is 3. The molecule has 3 aromatic carbocycles. The first-order valence-corrected chi connectivity index (χ1v) is 11.3. The average Bonchev–Trinajstić information content (AvgIpc) is 2.86. The van der Waals surface area contributed by atoms with Gasteiger partial charge in [0.15, 0.2) is 11.1 Å². The van der Waals surface area contributed by atoms with Gasteiger partial charge >= 0.3 is 0 Å². The quantitative estimate of drug-likeness (QED) is 0.337. The van der Waals surface area contributed by atoms with Crippen molar-refractivity contribution in [2.45, 2.75) is 13.8 Å². The van der Waals surface area contributed by atoms with E-state index in [0.29, 0.717) is 22.4 Å². The lowest BCUT2D eigenvalue weighted by molar-refractivity contribution is 0.102. The predicted molar refractivity (Wildman–Crippen MR) is 141 cm³/mol. The van der Waals surface area contributed by atoms with Gasteiger partial charge in [0.05, 0.1) is 5.39 Å². The summed E-state index contributed by atoms with van der Waals surface area (Å²) in [5.41, 5.74) is 4.50. The van der Waals surface area contributed by atoms with Gasteiger partial charge in [-0.1, -0.05) is 54.6 Å². The molecule has 0 bridgehead atoms. The van der Waals surface area contributed by atoms with Crippen molar-refractivity contribution in [2.75, 3.05) is 10.6 Å². The summed E-state index contributed by atoms with van der Waals surface area (Å²) in [7, 11) is 0. The smallest absolute Gasteiger partial charge is 0.274 e. The molecular formula is C29H24N4O2. The lowest BCUT2D eigenvalue weighted by Crippen LogP contribution is -2.19. The van der Waals surface area contributed by atoms with Gasteiger partial charge in [-0.2, -0.15) is 0 Å². The van der Waals surface area contributed by atoms with E-state index in [2.05, 4.69) is 10.6 Å². The monoisotopic (exact) mass is 460 g/mol. The van der Waals surface area contributed by atoms with E-state index in [0.717, 1.165) is 22.6 Å². The second-order valence-electron chi connectivity index (χ2n) is 8.35. The van der Waals surface area contributed by atoms with E-state index in [1.165, 1.54) is 0 Å². The molecule has 5 aromatic rings. The number of nitrogens with zero attached hydrogens (tertiary/aromatic N) is 2. The van der Waals surface area contributed by atoms with E-state index in [1.807, 2.05) is 103 Å². The highest BCUT2D eigenvalue weighted by molar-refractivity contribution is 6.04. The van der Waals surface area contributed by atoms with Gasteiger partial charge in [-0.3, -0.25) is 14.2 Å². The Bertz CT molecular complexity index is 1590. The van der Waals surface area contributed by atoms with Crippen LogP contribution in [0.15, 0.2) is 102 Å². The van der Waals surface area contributed by atoms with Gasteiger partial charge in [-0.25, -0.2) is 4.98 Å². The molecule has 5 rings (SSSR count). The summed E-state index contributed by atoms with van der Waals surface area (Å²) >= 11 is 0. The second-order valence-corrected chi connectivity index (χ2v) is 8.35. The van der Waals surface area contributed by atoms with E-state index in [1.54, 1.807) is 12.1 Å². The van der Waals surface area contributed by atoms with Crippen molar-refractivity contribution in [3.05, 3.63) is 124 Å². The van der Waals surface area contributed by atoms with Crippen LogP contribution in [-0.2, 0) is 0 Å². The molecule has 172 valence electrons. The Labute approximate surface area is 202 Å². The molecule has 1 amide bonds. The maximum atomic E-state index is 13.2. The van der Waals surface area contributed by atoms with Crippen molar-refractivity contribution in [1.82, 2.24) is 9.55 Å². The first-order chi connectivity index (χ1) is 17.0. The molecule has 6 heteroatoms. The van der Waals surface area contributed by atoms with Gasteiger partial charge in [0, 0.05) is 23.1 Å². The Hall–Kier alpha value is -4.71. The molecule has 0 aliphatic rings. The molecule has 0 spiro atoms. The normalized spacial score (nSPS) is 10.8. The molecule has 2 heterocycles. The van der Waals surface area contributed by atoms with Gasteiger partial charge in [0.1, 0.15) is 11.5 Å². The van der Waals surface area contributed by atoms with Gasteiger partial charge < -0.3 is 10.6 Å². The van der Waals surface area contributed by atoms with Crippen LogP contribution in [0.1, 0.15) is 21.6 Å². The fraction of sp³-hybridized carbons (Fsp3) is 0.0690. The van der Waals surface area contributed by atoms with Crippen LogP contribution in [0.4, 0.5) is 17.2 Å². The van der Waals surface area contributed by atoms with Crippen molar-refractivity contribution >= 4 is 34.1 Å². The lowest BCUT2D eigenvalue weighted by atomic mass is 10.1. The molecule has 0 aliphatic heterocycles. The number of rotatable bonds is 5. The number of pyridine rings is 2. The molecule has 6 nitrogen and oxygen atoms in total. The molecule has 0 radical (unpaired) electrons. The van der Waals surface area contributed by atoms with Crippen LogP contribution in [0.5, 0.6) is 0 Å². The van der Waals surface area contributed by atoms with E-state index >= 15 is 0 Å². The summed E-state index contributed by atoms with van der Waals surface area (Å²) in [6, 6.07) is 30.1. The highest BCUT2D eigenvalue weighted by atomic mass is 16.2. The molecule has 0 aliphatic carbocycles. The fourth-order valence-corrected chi connectivity index (χ4v) is 4.11. The van der Waals surface area contributed by atoms with Crippen molar-refractivity contribution < 1.29 is 4.79 Å². The van der Waals surface area contributed by atoms with Crippen molar-refractivity contribution in [3.63, 3.8) is 0 Å². The minimum atomic E-state index is -0.335. The molecule has 2 N–H and O–H groups in total. The van der Waals surface area contributed by atoms with Gasteiger partial charge in [0.25, 0.3) is 5.91 Å². The molecule has 0 atom stereocenters. The SMILES string of the molecule is Cc1ccccc1NC(=O)c1cc(C)c2c(=O)cc(Nc3ccccc3)n(-c3ccccc3)c2n1. The number of hydrogen-bond donors (Lipinski definition) is 2. The number of para-hydroxylation sites is 3. The van der Waals surface area contributed by atoms with Crippen LogP contribution in [0.2, 0.25) is 0 Å². The number of anilines is 3. The Morgan fingerprint density at radius 3 is 2.17 bits per heavy atom. The van der Waals surface area contributed by atoms with Crippen molar-refractivity contribution in [1.29, 1.82) is 0 Å². The molecular weight excluding hydrogens is 436 g/mol. The third kappa shape index (κ3) is 4.42. The van der Waals surface area contributed by atoms with Gasteiger partial charge in [-0.15, -0.1) is 0 Å². The Balaban J connectivity index is 1.71.